The molecule has 2 aromatic carbocycles. The van der Waals surface area contributed by atoms with E-state index in [1.165, 1.54) is 22.3 Å². The van der Waals surface area contributed by atoms with Gasteiger partial charge in [-0.25, -0.2) is 0 Å². The summed E-state index contributed by atoms with van der Waals surface area (Å²) in [6.07, 6.45) is 8.15. The Morgan fingerprint density at radius 3 is 1.79 bits per heavy atom. The molecule has 0 amide bonds. The predicted octanol–water partition coefficient (Wildman–Crippen LogP) is 5.51. The van der Waals surface area contributed by atoms with Crippen molar-refractivity contribution < 1.29 is 4.79 Å². The summed E-state index contributed by atoms with van der Waals surface area (Å²) >= 11 is 0. The van der Waals surface area contributed by atoms with Crippen LogP contribution in [0.5, 0.6) is 0 Å². The zero-order chi connectivity index (χ0) is 16.4. The number of nitrogens with zero attached hydrogens (tertiary/aromatic N) is 1. The van der Waals surface area contributed by atoms with Crippen molar-refractivity contribution in [2.45, 2.75) is 31.7 Å². The van der Waals surface area contributed by atoms with Crippen LogP contribution in [0.1, 0.15) is 31.7 Å². The maximum Gasteiger partial charge on any atom is 0.155 e. The van der Waals surface area contributed by atoms with Crippen molar-refractivity contribution in [1.29, 1.82) is 0 Å². The summed E-state index contributed by atoms with van der Waals surface area (Å²) in [6, 6.07) is 20.9. The minimum absolute atomic E-state index is 0.00123. The molecule has 0 saturated heterocycles. The summed E-state index contributed by atoms with van der Waals surface area (Å²) in [5, 5.41) is 0. The van der Waals surface area contributed by atoms with Crippen LogP contribution in [0.3, 0.4) is 0 Å². The Kier molecular flexibility index (Phi) is 4.04. The molecule has 1 fully saturated rings. The molecule has 1 unspecified atom stereocenters. The summed E-state index contributed by atoms with van der Waals surface area (Å²) in [6.45, 7) is 0. The van der Waals surface area contributed by atoms with E-state index in [0.29, 0.717) is 12.2 Å². The van der Waals surface area contributed by atoms with Crippen LogP contribution >= 0.6 is 0 Å². The van der Waals surface area contributed by atoms with Gasteiger partial charge in [0.2, 0.25) is 0 Å². The van der Waals surface area contributed by atoms with E-state index in [2.05, 4.69) is 65.5 Å². The van der Waals surface area contributed by atoms with E-state index in [4.69, 9.17) is 0 Å². The zero-order valence-electron chi connectivity index (χ0n) is 13.7. The highest BCUT2D eigenvalue weighted by Crippen LogP contribution is 2.36. The Hall–Kier alpha value is -2.61. The average Bonchev–Trinajstić information content (AvgIpc) is 3.09. The van der Waals surface area contributed by atoms with Gasteiger partial charge in [0.1, 0.15) is 0 Å². The number of Topliss-reactive ketones (excluding diaryl/α,β-unsaturated/α-hetero) is 1. The summed E-state index contributed by atoms with van der Waals surface area (Å²) < 4.78 is 2.14. The predicted molar refractivity (Wildman–Crippen MR) is 97.8 cm³/mol. The van der Waals surface area contributed by atoms with Gasteiger partial charge in [-0.3, -0.25) is 4.79 Å². The highest BCUT2D eigenvalue weighted by Gasteiger charge is 2.25. The second-order valence-corrected chi connectivity index (χ2v) is 6.49. The molecule has 1 aliphatic carbocycles. The Morgan fingerprint density at radius 1 is 0.750 bits per heavy atom. The van der Waals surface area contributed by atoms with Crippen LogP contribution in [0.2, 0.25) is 0 Å². The maximum atomic E-state index is 12.4. The normalized spacial score (nSPS) is 17.8. The maximum absolute atomic E-state index is 12.4. The second-order valence-electron chi connectivity index (χ2n) is 6.49. The first-order valence-corrected chi connectivity index (χ1v) is 8.68. The zero-order valence-corrected chi connectivity index (χ0v) is 13.7. The summed E-state index contributed by atoms with van der Waals surface area (Å²) in [5.41, 5.74) is 4.78. The topological polar surface area (TPSA) is 22.0 Å². The number of benzene rings is 2. The van der Waals surface area contributed by atoms with Crippen LogP contribution in [-0.2, 0) is 4.79 Å². The molecule has 120 valence electrons. The Labute approximate surface area is 142 Å². The van der Waals surface area contributed by atoms with Crippen molar-refractivity contribution in [3.63, 3.8) is 0 Å². The molecule has 1 aliphatic rings. The second kappa shape index (κ2) is 6.48. The van der Waals surface area contributed by atoms with E-state index in [1.807, 2.05) is 12.1 Å². The van der Waals surface area contributed by atoms with E-state index in [0.717, 1.165) is 19.3 Å². The Balaban J connectivity index is 1.83. The van der Waals surface area contributed by atoms with Crippen molar-refractivity contribution in [2.24, 2.45) is 0 Å². The van der Waals surface area contributed by atoms with E-state index in [1.54, 1.807) is 0 Å². The molecular weight excluding hydrogens is 294 g/mol. The number of ketones is 1. The smallest absolute Gasteiger partial charge is 0.155 e. The molecule has 3 aromatic rings. The molecule has 0 spiro atoms. The quantitative estimate of drug-likeness (QED) is 0.625. The van der Waals surface area contributed by atoms with Gasteiger partial charge in [-0.15, -0.1) is 0 Å². The SMILES string of the molecule is O=C1CCCCC1n1cc(-c2ccccc2)c(-c2ccccc2)c1. The Bertz CT molecular complexity index is 776. The molecule has 0 radical (unpaired) electrons. The van der Waals surface area contributed by atoms with Gasteiger partial charge in [0.25, 0.3) is 0 Å². The molecule has 24 heavy (non-hydrogen) atoms. The molecule has 2 nitrogen and oxygen atoms in total. The number of carbonyl (C=O) groups excluding carboxylic acids is 1. The van der Waals surface area contributed by atoms with Crippen LogP contribution in [0, 0.1) is 0 Å². The number of hydrogen-bond acceptors (Lipinski definition) is 1. The summed E-state index contributed by atoms with van der Waals surface area (Å²) in [4.78, 5) is 12.4. The van der Waals surface area contributed by atoms with Gasteiger partial charge in [0.05, 0.1) is 6.04 Å². The standard InChI is InChI=1S/C22H21NO/c24-22-14-8-7-13-21(22)23-15-19(17-9-3-1-4-10-17)20(16-23)18-11-5-2-6-12-18/h1-6,9-12,15-16,21H,7-8,13-14H2. The number of hydrogen-bond donors (Lipinski definition) is 0. The van der Waals surface area contributed by atoms with Crippen LogP contribution in [0.15, 0.2) is 73.1 Å². The van der Waals surface area contributed by atoms with Crippen molar-refractivity contribution in [3.8, 4) is 22.3 Å². The minimum atomic E-state index is -0.00123. The first-order valence-electron chi connectivity index (χ1n) is 8.68. The molecule has 1 saturated carbocycles. The molecule has 4 rings (SSSR count). The van der Waals surface area contributed by atoms with Crippen LogP contribution in [0.25, 0.3) is 22.3 Å². The minimum Gasteiger partial charge on any atom is -0.343 e. The molecule has 0 N–H and O–H groups in total. The first-order chi connectivity index (χ1) is 11.8. The Morgan fingerprint density at radius 2 is 1.29 bits per heavy atom. The van der Waals surface area contributed by atoms with Gasteiger partial charge in [-0.2, -0.15) is 0 Å². The lowest BCUT2D eigenvalue weighted by Gasteiger charge is -2.21. The fourth-order valence-electron chi connectivity index (χ4n) is 3.63. The number of rotatable bonds is 3. The van der Waals surface area contributed by atoms with E-state index in [9.17, 15) is 4.79 Å². The van der Waals surface area contributed by atoms with Crippen molar-refractivity contribution in [2.75, 3.05) is 0 Å². The van der Waals surface area contributed by atoms with E-state index < -0.39 is 0 Å². The third-order valence-electron chi connectivity index (χ3n) is 4.90. The lowest BCUT2D eigenvalue weighted by molar-refractivity contribution is -0.123. The highest BCUT2D eigenvalue weighted by atomic mass is 16.1. The lowest BCUT2D eigenvalue weighted by atomic mass is 9.94. The molecule has 0 aliphatic heterocycles. The van der Waals surface area contributed by atoms with Crippen molar-refractivity contribution in [1.82, 2.24) is 4.57 Å². The van der Waals surface area contributed by atoms with Gasteiger partial charge in [0.15, 0.2) is 5.78 Å². The molecule has 1 atom stereocenters. The largest absolute Gasteiger partial charge is 0.343 e. The molecular formula is C22H21NO. The molecule has 0 bridgehead atoms. The fourth-order valence-corrected chi connectivity index (χ4v) is 3.63. The van der Waals surface area contributed by atoms with Crippen LogP contribution in [-0.4, -0.2) is 10.4 Å². The molecule has 2 heteroatoms. The van der Waals surface area contributed by atoms with Crippen LogP contribution < -0.4 is 0 Å². The van der Waals surface area contributed by atoms with E-state index in [-0.39, 0.29) is 6.04 Å². The highest BCUT2D eigenvalue weighted by molar-refractivity contribution is 5.86. The summed E-state index contributed by atoms with van der Waals surface area (Å²) in [5.74, 6) is 0.371. The van der Waals surface area contributed by atoms with Crippen LogP contribution in [0.4, 0.5) is 0 Å². The third kappa shape index (κ3) is 2.80. The summed E-state index contributed by atoms with van der Waals surface area (Å²) in [7, 11) is 0. The van der Waals surface area contributed by atoms with Crippen molar-refractivity contribution in [3.05, 3.63) is 73.1 Å². The average molecular weight is 315 g/mol. The monoisotopic (exact) mass is 315 g/mol. The van der Waals surface area contributed by atoms with Gasteiger partial charge in [0, 0.05) is 29.9 Å². The third-order valence-corrected chi connectivity index (χ3v) is 4.90. The first kappa shape index (κ1) is 14.9. The van der Waals surface area contributed by atoms with Gasteiger partial charge in [-0.1, -0.05) is 67.1 Å². The lowest BCUT2D eigenvalue weighted by Crippen LogP contribution is -2.21. The van der Waals surface area contributed by atoms with Gasteiger partial charge < -0.3 is 4.57 Å². The van der Waals surface area contributed by atoms with Gasteiger partial charge in [-0.05, 0) is 24.0 Å². The number of aromatic nitrogens is 1. The molecule has 1 aromatic heterocycles. The van der Waals surface area contributed by atoms with Crippen molar-refractivity contribution >= 4 is 5.78 Å². The number of carbonyl (C=O) groups is 1. The van der Waals surface area contributed by atoms with Gasteiger partial charge >= 0.3 is 0 Å². The molecule has 1 heterocycles. The fraction of sp³-hybridized carbons (Fsp3) is 0.227. The van der Waals surface area contributed by atoms with E-state index >= 15 is 0 Å².